The first-order valence-electron chi connectivity index (χ1n) is 14.3. The van der Waals surface area contributed by atoms with Gasteiger partial charge in [0.2, 0.25) is 0 Å². The van der Waals surface area contributed by atoms with Crippen molar-refractivity contribution in [2.24, 2.45) is 0 Å². The van der Waals surface area contributed by atoms with Crippen LogP contribution in [0.5, 0.6) is 11.5 Å². The second-order valence-corrected chi connectivity index (χ2v) is 23.7. The first-order chi connectivity index (χ1) is 18.3. The van der Waals surface area contributed by atoms with Crippen molar-refractivity contribution < 1.29 is 28.3 Å². The normalized spacial score (nSPS) is 16.7. The Balaban J connectivity index is 2.56. The highest BCUT2D eigenvalue weighted by molar-refractivity contribution is 6.78. The van der Waals surface area contributed by atoms with Crippen molar-refractivity contribution in [2.45, 2.75) is 110 Å². The predicted molar refractivity (Wildman–Crippen MR) is 168 cm³/mol. The van der Waals surface area contributed by atoms with Crippen molar-refractivity contribution in [2.75, 3.05) is 25.6 Å². The molecule has 1 aliphatic rings. The monoisotopic (exact) mass is 592 g/mol. The number of carboxylic acid groups (broad SMARTS) is 1. The van der Waals surface area contributed by atoms with Gasteiger partial charge in [-0.1, -0.05) is 74.5 Å². The molecule has 0 saturated carbocycles. The summed E-state index contributed by atoms with van der Waals surface area (Å²) < 4.78 is 19.1. The van der Waals surface area contributed by atoms with E-state index < -0.39 is 22.7 Å². The Morgan fingerprint density at radius 2 is 1.62 bits per heavy atom. The number of carbonyl (C=O) groups is 2. The number of likely N-dealkylation sites (tertiary alicyclic amines) is 1. The van der Waals surface area contributed by atoms with Crippen LogP contribution in [0.2, 0.25) is 34.8 Å². The molecule has 0 spiro atoms. The molecule has 1 aliphatic heterocycles. The standard InChI is InChI=1S/C30H52N2O6Si2/c1-19(2)40(20(3)4,21(5)6)38-27-16-25(31-29(34)35)24(15-26(27)36-11)28(33)32-17-22(7)14-23(32)18-37-39(12,13)30(8,9)10/h15-16,19-21,23,31H,7,14,17-18H2,1-6,8-13H3,(H,34,35)/t23-/m0/s1. The second kappa shape index (κ2) is 12.7. The number of ether oxygens (including phenoxy) is 1. The number of carbonyl (C=O) groups excluding carboxylic acids is 1. The summed E-state index contributed by atoms with van der Waals surface area (Å²) in [6.45, 7) is 29.0. The number of amides is 2. The van der Waals surface area contributed by atoms with Crippen LogP contribution in [-0.2, 0) is 4.43 Å². The van der Waals surface area contributed by atoms with Gasteiger partial charge in [0.25, 0.3) is 14.2 Å². The lowest BCUT2D eigenvalue weighted by molar-refractivity contribution is 0.0686. The minimum atomic E-state index is -2.39. The summed E-state index contributed by atoms with van der Waals surface area (Å²) in [7, 11) is -2.88. The average Bonchev–Trinajstić information content (AvgIpc) is 3.19. The zero-order valence-electron chi connectivity index (χ0n) is 26.7. The van der Waals surface area contributed by atoms with E-state index in [9.17, 15) is 14.7 Å². The first-order valence-corrected chi connectivity index (χ1v) is 19.4. The van der Waals surface area contributed by atoms with Crippen LogP contribution in [0.1, 0.15) is 79.1 Å². The fourth-order valence-electron chi connectivity index (χ4n) is 5.68. The second-order valence-electron chi connectivity index (χ2n) is 13.5. The number of nitrogens with one attached hydrogen (secondary N) is 1. The van der Waals surface area contributed by atoms with Gasteiger partial charge in [-0.25, -0.2) is 4.79 Å². The van der Waals surface area contributed by atoms with Crippen molar-refractivity contribution in [1.82, 2.24) is 4.90 Å². The highest BCUT2D eigenvalue weighted by Crippen LogP contribution is 2.46. The molecular weight excluding hydrogens is 541 g/mol. The van der Waals surface area contributed by atoms with Crippen LogP contribution >= 0.6 is 0 Å². The van der Waals surface area contributed by atoms with E-state index in [4.69, 9.17) is 13.6 Å². The molecule has 1 aromatic rings. The number of hydrogen-bond acceptors (Lipinski definition) is 5. The van der Waals surface area contributed by atoms with E-state index in [1.165, 1.54) is 7.11 Å². The van der Waals surface area contributed by atoms with Gasteiger partial charge in [-0.2, -0.15) is 0 Å². The fraction of sp³-hybridized carbons (Fsp3) is 0.667. The van der Waals surface area contributed by atoms with Crippen LogP contribution in [0.3, 0.4) is 0 Å². The van der Waals surface area contributed by atoms with Crippen LogP contribution in [0.25, 0.3) is 0 Å². The molecule has 1 aromatic carbocycles. The number of nitrogens with zero attached hydrogens (tertiary/aromatic N) is 1. The Labute approximate surface area is 243 Å². The third kappa shape index (κ3) is 7.12. The highest BCUT2D eigenvalue weighted by atomic mass is 28.4. The smallest absolute Gasteiger partial charge is 0.409 e. The number of anilines is 1. The SMILES string of the molecule is C=C1C[C@@H](CO[Si](C)(C)C(C)(C)C)N(C(=O)c2cc(OC)c(O[Si](C(C)C)(C(C)C)C(C)C)cc2NC(=O)O)C1. The maximum absolute atomic E-state index is 14.0. The van der Waals surface area contributed by atoms with Crippen molar-refractivity contribution in [3.8, 4) is 11.5 Å². The molecule has 2 amide bonds. The molecule has 0 radical (unpaired) electrons. The van der Waals surface area contributed by atoms with Gasteiger partial charge >= 0.3 is 6.09 Å². The lowest BCUT2D eigenvalue weighted by Gasteiger charge is -2.42. The molecule has 1 fully saturated rings. The van der Waals surface area contributed by atoms with E-state index in [2.05, 4.69) is 87.3 Å². The average molecular weight is 593 g/mol. The van der Waals surface area contributed by atoms with Gasteiger partial charge in [0, 0.05) is 12.6 Å². The van der Waals surface area contributed by atoms with Gasteiger partial charge in [-0.3, -0.25) is 10.1 Å². The topological polar surface area (TPSA) is 97.3 Å². The molecule has 10 heteroatoms. The summed E-state index contributed by atoms with van der Waals surface area (Å²) in [5, 5.41) is 12.2. The van der Waals surface area contributed by atoms with Crippen molar-refractivity contribution in [3.63, 3.8) is 0 Å². The molecule has 1 heterocycles. The summed E-state index contributed by atoms with van der Waals surface area (Å²) >= 11 is 0. The summed E-state index contributed by atoms with van der Waals surface area (Å²) in [4.78, 5) is 27.6. The number of benzene rings is 1. The Morgan fingerprint density at radius 1 is 1.07 bits per heavy atom. The predicted octanol–water partition coefficient (Wildman–Crippen LogP) is 8.13. The molecule has 1 saturated heterocycles. The first kappa shape index (κ1) is 33.9. The molecule has 0 aliphatic carbocycles. The Kier molecular flexibility index (Phi) is 10.8. The number of rotatable bonds is 11. The maximum Gasteiger partial charge on any atom is 0.409 e. The Morgan fingerprint density at radius 3 is 2.08 bits per heavy atom. The fourth-order valence-corrected chi connectivity index (χ4v) is 12.0. The molecule has 2 N–H and O–H groups in total. The van der Waals surface area contributed by atoms with Crippen LogP contribution in [-0.4, -0.2) is 64.9 Å². The third-order valence-corrected chi connectivity index (χ3v) is 19.3. The summed E-state index contributed by atoms with van der Waals surface area (Å²) in [5.41, 5.74) is 2.22. The molecule has 0 aromatic heterocycles. The van der Waals surface area contributed by atoms with E-state index in [1.54, 1.807) is 17.0 Å². The Bertz CT molecular complexity index is 1070. The molecule has 40 heavy (non-hydrogen) atoms. The van der Waals surface area contributed by atoms with Gasteiger partial charge < -0.3 is 23.6 Å². The minimum absolute atomic E-state index is 0.0414. The zero-order chi connectivity index (χ0) is 30.8. The lowest BCUT2D eigenvalue weighted by Crippen LogP contribution is -2.50. The lowest BCUT2D eigenvalue weighted by atomic mass is 10.1. The van der Waals surface area contributed by atoms with Crippen LogP contribution < -0.4 is 14.5 Å². The molecule has 0 bridgehead atoms. The zero-order valence-corrected chi connectivity index (χ0v) is 28.7. The summed E-state index contributed by atoms with van der Waals surface area (Å²) in [5.74, 6) is 0.565. The highest BCUT2D eigenvalue weighted by Gasteiger charge is 2.48. The molecule has 0 unspecified atom stereocenters. The van der Waals surface area contributed by atoms with Crippen molar-refractivity contribution >= 4 is 34.3 Å². The molecule has 226 valence electrons. The van der Waals surface area contributed by atoms with Crippen LogP contribution in [0.15, 0.2) is 24.3 Å². The van der Waals surface area contributed by atoms with E-state index in [0.29, 0.717) is 47.7 Å². The summed E-state index contributed by atoms with van der Waals surface area (Å²) in [6.07, 6.45) is -0.611. The maximum atomic E-state index is 14.0. The summed E-state index contributed by atoms with van der Waals surface area (Å²) in [6, 6.07) is 3.04. The van der Waals surface area contributed by atoms with Gasteiger partial charge in [-0.05, 0) is 47.2 Å². The van der Waals surface area contributed by atoms with Gasteiger partial charge in [0.05, 0.1) is 31.0 Å². The Hall–Kier alpha value is -2.31. The number of methoxy groups -OCH3 is 1. The van der Waals surface area contributed by atoms with E-state index in [0.717, 1.165) is 5.57 Å². The van der Waals surface area contributed by atoms with Crippen molar-refractivity contribution in [3.05, 3.63) is 29.8 Å². The van der Waals surface area contributed by atoms with E-state index in [1.807, 2.05) is 0 Å². The number of hydrogen-bond donors (Lipinski definition) is 2. The molecular formula is C30H52N2O6Si2. The van der Waals surface area contributed by atoms with Gasteiger partial charge in [-0.15, -0.1) is 0 Å². The quantitative estimate of drug-likeness (QED) is 0.199. The van der Waals surface area contributed by atoms with Crippen LogP contribution in [0, 0.1) is 0 Å². The van der Waals surface area contributed by atoms with E-state index >= 15 is 0 Å². The van der Waals surface area contributed by atoms with Gasteiger partial charge in [0.1, 0.15) is 5.75 Å². The molecule has 2 rings (SSSR count). The third-order valence-electron chi connectivity index (χ3n) is 8.83. The molecule has 8 nitrogen and oxygen atoms in total. The van der Waals surface area contributed by atoms with Crippen LogP contribution in [0.4, 0.5) is 10.5 Å². The van der Waals surface area contributed by atoms with E-state index in [-0.39, 0.29) is 28.2 Å². The van der Waals surface area contributed by atoms with Gasteiger partial charge in [0.15, 0.2) is 14.1 Å². The largest absolute Gasteiger partial charge is 0.540 e. The molecule has 1 atom stereocenters. The van der Waals surface area contributed by atoms with Crippen molar-refractivity contribution in [1.29, 1.82) is 0 Å². The minimum Gasteiger partial charge on any atom is -0.540 e.